The third kappa shape index (κ3) is 3.47. The fraction of sp³-hybridized carbons (Fsp3) is 0.423. The van der Waals surface area contributed by atoms with Crippen LogP contribution in [-0.2, 0) is 4.74 Å². The van der Waals surface area contributed by atoms with Gasteiger partial charge in [0.1, 0.15) is 5.52 Å². The van der Waals surface area contributed by atoms with Crippen LogP contribution < -0.4 is 15.5 Å². The van der Waals surface area contributed by atoms with Crippen LogP contribution in [0.2, 0.25) is 0 Å². The molecule has 36 heavy (non-hydrogen) atoms. The maximum Gasteiger partial charge on any atom is 0.257 e. The molecule has 186 valence electrons. The Morgan fingerprint density at radius 1 is 1.19 bits per heavy atom. The summed E-state index contributed by atoms with van der Waals surface area (Å²) >= 11 is 0. The molecular formula is C26H28FN7O2. The van der Waals surface area contributed by atoms with E-state index in [2.05, 4.69) is 26.7 Å². The summed E-state index contributed by atoms with van der Waals surface area (Å²) < 4.78 is 23.7. The second-order valence-electron chi connectivity index (χ2n) is 10.4. The van der Waals surface area contributed by atoms with Crippen LogP contribution in [0.4, 0.5) is 15.8 Å². The number of pyridine rings is 1. The molecule has 10 heteroatoms. The number of nitrogens with one attached hydrogen (secondary N) is 2. The zero-order valence-electron chi connectivity index (χ0n) is 20.1. The fourth-order valence-electron chi connectivity index (χ4n) is 5.86. The average molecular weight is 490 g/mol. The van der Waals surface area contributed by atoms with Gasteiger partial charge < -0.3 is 24.7 Å². The van der Waals surface area contributed by atoms with Gasteiger partial charge in [0.25, 0.3) is 5.91 Å². The van der Waals surface area contributed by atoms with Crippen LogP contribution in [0.5, 0.6) is 0 Å². The van der Waals surface area contributed by atoms with E-state index in [0.29, 0.717) is 33.9 Å². The van der Waals surface area contributed by atoms with Crippen LogP contribution >= 0.6 is 0 Å². The molecule has 9 nitrogen and oxygen atoms in total. The summed E-state index contributed by atoms with van der Waals surface area (Å²) in [5.41, 5.74) is 3.88. The maximum atomic E-state index is 14.6. The lowest BCUT2D eigenvalue weighted by Gasteiger charge is -2.53. The molecule has 3 fully saturated rings. The predicted molar refractivity (Wildman–Crippen MR) is 134 cm³/mol. The number of piperazine rings is 1. The first-order valence-electron chi connectivity index (χ1n) is 12.5. The lowest BCUT2D eigenvalue weighted by atomic mass is 9.64. The molecule has 3 aliphatic rings. The third-order valence-corrected chi connectivity index (χ3v) is 7.79. The summed E-state index contributed by atoms with van der Waals surface area (Å²) in [4.78, 5) is 20.0. The fourth-order valence-corrected chi connectivity index (χ4v) is 5.86. The lowest BCUT2D eigenvalue weighted by Crippen LogP contribution is -2.52. The molecular weight excluding hydrogens is 461 g/mol. The van der Waals surface area contributed by atoms with Crippen LogP contribution in [0.15, 0.2) is 36.8 Å². The standard InChI is InChI=1S/C26H28FN7O2/c1-16-11-33-12-17(8-21(27)24(33)29-16)30-25(35)19-2-3-22(32-6-4-28-5-7-32)20-13-34(31-23(19)20)18-9-26(10-18)14-36-15-26/h2-3,8,11-13,18,28H,4-7,9-10,14-15H2,1H3,(H,30,35). The second-order valence-corrected chi connectivity index (χ2v) is 10.4. The Hall–Kier alpha value is -3.50. The van der Waals surface area contributed by atoms with E-state index < -0.39 is 5.82 Å². The van der Waals surface area contributed by atoms with Crippen LogP contribution in [0.25, 0.3) is 16.6 Å². The highest BCUT2D eigenvalue weighted by Gasteiger charge is 2.50. The van der Waals surface area contributed by atoms with Crippen molar-refractivity contribution in [1.82, 2.24) is 24.5 Å². The summed E-state index contributed by atoms with van der Waals surface area (Å²) in [6.45, 7) is 7.12. The van der Waals surface area contributed by atoms with Crippen molar-refractivity contribution in [3.63, 3.8) is 0 Å². The van der Waals surface area contributed by atoms with E-state index in [1.807, 2.05) is 16.8 Å². The SMILES string of the molecule is Cc1cn2cc(NC(=O)c3ccc(N4CCNCC4)c4cn(C5CC6(COC6)C5)nc34)cc(F)c2n1. The molecule has 5 heterocycles. The van der Waals surface area contributed by atoms with E-state index >= 15 is 0 Å². The summed E-state index contributed by atoms with van der Waals surface area (Å²) in [6, 6.07) is 5.47. The number of nitrogens with zero attached hydrogens (tertiary/aromatic N) is 5. The van der Waals surface area contributed by atoms with Gasteiger partial charge in [-0.25, -0.2) is 9.37 Å². The van der Waals surface area contributed by atoms with Crippen LogP contribution in [-0.4, -0.2) is 64.5 Å². The van der Waals surface area contributed by atoms with Crippen molar-refractivity contribution in [2.75, 3.05) is 49.6 Å². The van der Waals surface area contributed by atoms with Crippen molar-refractivity contribution < 1.29 is 13.9 Å². The molecule has 2 aliphatic heterocycles. The highest BCUT2D eigenvalue weighted by Crippen LogP contribution is 2.53. The van der Waals surface area contributed by atoms with Gasteiger partial charge in [0.15, 0.2) is 11.5 Å². The minimum atomic E-state index is -0.483. The number of hydrogen-bond acceptors (Lipinski definition) is 6. The van der Waals surface area contributed by atoms with E-state index in [1.54, 1.807) is 23.7 Å². The summed E-state index contributed by atoms with van der Waals surface area (Å²) in [5, 5.41) is 12.2. The number of carbonyl (C=O) groups is 1. The van der Waals surface area contributed by atoms with Crippen LogP contribution in [0.3, 0.4) is 0 Å². The van der Waals surface area contributed by atoms with Crippen molar-refractivity contribution in [2.24, 2.45) is 5.41 Å². The average Bonchev–Trinajstić information content (AvgIpc) is 3.40. The van der Waals surface area contributed by atoms with Gasteiger partial charge in [-0.1, -0.05) is 0 Å². The Morgan fingerprint density at radius 3 is 2.75 bits per heavy atom. The Balaban J connectivity index is 1.24. The zero-order chi connectivity index (χ0) is 24.4. The Morgan fingerprint density at radius 2 is 2.00 bits per heavy atom. The van der Waals surface area contributed by atoms with Gasteiger partial charge in [0, 0.05) is 67.3 Å². The Kier molecular flexibility index (Phi) is 4.84. The number of benzene rings is 1. The van der Waals surface area contributed by atoms with Gasteiger partial charge in [0.05, 0.1) is 36.2 Å². The number of amides is 1. The van der Waals surface area contributed by atoms with Crippen LogP contribution in [0.1, 0.15) is 34.9 Å². The zero-order valence-corrected chi connectivity index (χ0v) is 20.1. The largest absolute Gasteiger partial charge is 0.380 e. The van der Waals surface area contributed by atoms with E-state index in [4.69, 9.17) is 9.84 Å². The van der Waals surface area contributed by atoms with Gasteiger partial charge in [-0.2, -0.15) is 5.10 Å². The van der Waals surface area contributed by atoms with Crippen molar-refractivity contribution in [3.8, 4) is 0 Å². The minimum Gasteiger partial charge on any atom is -0.380 e. The number of rotatable bonds is 4. The maximum absolute atomic E-state index is 14.6. The van der Waals surface area contributed by atoms with Gasteiger partial charge in [0.2, 0.25) is 0 Å². The first kappa shape index (κ1) is 21.8. The number of aromatic nitrogens is 4. The molecule has 1 aliphatic carbocycles. The molecule has 0 unspecified atom stereocenters. The summed E-state index contributed by atoms with van der Waals surface area (Å²) in [5.74, 6) is -0.798. The second kappa shape index (κ2) is 8.01. The van der Waals surface area contributed by atoms with Gasteiger partial charge in [-0.3, -0.25) is 9.48 Å². The van der Waals surface area contributed by atoms with E-state index in [0.717, 1.165) is 63.3 Å². The highest BCUT2D eigenvalue weighted by molar-refractivity contribution is 6.13. The normalized spacial score (nSPS) is 19.6. The molecule has 0 bridgehead atoms. The van der Waals surface area contributed by atoms with Crippen molar-refractivity contribution in [3.05, 3.63) is 53.9 Å². The summed E-state index contributed by atoms with van der Waals surface area (Å²) in [6.07, 6.45) is 7.61. The van der Waals surface area contributed by atoms with E-state index in [1.165, 1.54) is 6.07 Å². The molecule has 1 aromatic carbocycles. The number of fused-ring (bicyclic) bond motifs is 2. The molecule has 4 aromatic rings. The highest BCUT2D eigenvalue weighted by atomic mass is 19.1. The minimum absolute atomic E-state index is 0.238. The molecule has 2 N–H and O–H groups in total. The predicted octanol–water partition coefficient (Wildman–Crippen LogP) is 3.14. The topological polar surface area (TPSA) is 88.7 Å². The molecule has 0 radical (unpaired) electrons. The van der Waals surface area contributed by atoms with E-state index in [9.17, 15) is 9.18 Å². The number of anilines is 2. The summed E-state index contributed by atoms with van der Waals surface area (Å²) in [7, 11) is 0. The first-order chi connectivity index (χ1) is 17.5. The first-order valence-corrected chi connectivity index (χ1v) is 12.5. The number of ether oxygens (including phenoxy) is 1. The van der Waals surface area contributed by atoms with Crippen molar-refractivity contribution in [2.45, 2.75) is 25.8 Å². The number of aryl methyl sites for hydroxylation is 1. The van der Waals surface area contributed by atoms with Crippen molar-refractivity contribution >= 4 is 33.8 Å². The number of imidazole rings is 1. The molecule has 0 atom stereocenters. The van der Waals surface area contributed by atoms with Gasteiger partial charge in [-0.05, 0) is 31.9 Å². The molecule has 1 amide bonds. The molecule has 2 saturated heterocycles. The number of carbonyl (C=O) groups excluding carboxylic acids is 1. The molecule has 1 saturated carbocycles. The van der Waals surface area contributed by atoms with Gasteiger partial charge in [-0.15, -0.1) is 0 Å². The van der Waals surface area contributed by atoms with Crippen LogP contribution in [0, 0.1) is 18.2 Å². The quantitative estimate of drug-likeness (QED) is 0.458. The Labute approximate surface area is 207 Å². The lowest BCUT2D eigenvalue weighted by molar-refractivity contribution is -0.175. The van der Waals surface area contributed by atoms with Gasteiger partial charge >= 0.3 is 0 Å². The Bertz CT molecular complexity index is 1490. The molecule has 3 aromatic heterocycles. The monoisotopic (exact) mass is 489 g/mol. The smallest absolute Gasteiger partial charge is 0.257 e. The van der Waals surface area contributed by atoms with Crippen molar-refractivity contribution in [1.29, 1.82) is 0 Å². The molecule has 1 spiro atoms. The third-order valence-electron chi connectivity index (χ3n) is 7.79. The van der Waals surface area contributed by atoms with E-state index in [-0.39, 0.29) is 11.6 Å². The molecule has 7 rings (SSSR count). The number of halogens is 1. The number of hydrogen-bond donors (Lipinski definition) is 2.